The van der Waals surface area contributed by atoms with Crippen molar-refractivity contribution in [2.45, 2.75) is 18.9 Å². The molecule has 2 rings (SSSR count). The van der Waals surface area contributed by atoms with Gasteiger partial charge in [0.1, 0.15) is 23.5 Å². The summed E-state index contributed by atoms with van der Waals surface area (Å²) >= 11 is 0. The average molecular weight is 311 g/mol. The quantitative estimate of drug-likeness (QED) is 0.638. The lowest BCUT2D eigenvalue weighted by atomic mass is 10.1. The van der Waals surface area contributed by atoms with Gasteiger partial charge >= 0.3 is 0 Å². The molecule has 0 aromatic heterocycles. The van der Waals surface area contributed by atoms with Crippen LogP contribution in [-0.4, -0.2) is 31.8 Å². The zero-order chi connectivity index (χ0) is 16.5. The van der Waals surface area contributed by atoms with Crippen molar-refractivity contribution < 1.29 is 14.3 Å². The molecule has 0 spiro atoms. The molecule has 1 fully saturated rings. The summed E-state index contributed by atoms with van der Waals surface area (Å²) < 4.78 is 10.7. The van der Waals surface area contributed by atoms with E-state index in [2.05, 4.69) is 5.32 Å². The minimum atomic E-state index is -0.446. The summed E-state index contributed by atoms with van der Waals surface area (Å²) in [5.41, 5.74) is 0.558. The summed E-state index contributed by atoms with van der Waals surface area (Å²) in [6, 6.07) is 10.7. The lowest BCUT2D eigenvalue weighted by Gasteiger charge is -2.10. The van der Waals surface area contributed by atoms with Gasteiger partial charge in [0.25, 0.3) is 5.91 Å². The fourth-order valence-electron chi connectivity index (χ4n) is 2.25. The lowest BCUT2D eigenvalue weighted by molar-refractivity contribution is -0.117. The number of nitriles is 2. The van der Waals surface area contributed by atoms with Gasteiger partial charge in [-0.2, -0.15) is 10.5 Å². The Bertz CT molecular complexity index is 664. The van der Waals surface area contributed by atoms with Crippen molar-refractivity contribution in [3.05, 3.63) is 35.4 Å². The van der Waals surface area contributed by atoms with Crippen molar-refractivity contribution in [2.24, 2.45) is 0 Å². The summed E-state index contributed by atoms with van der Waals surface area (Å²) in [4.78, 5) is 12.1. The molecule has 1 heterocycles. The Balaban J connectivity index is 2.07. The molecule has 6 nitrogen and oxygen atoms in total. The predicted octanol–water partition coefficient (Wildman–Crippen LogP) is 1.79. The molecular formula is C17H17N3O3. The lowest BCUT2D eigenvalue weighted by Crippen LogP contribution is -2.32. The van der Waals surface area contributed by atoms with Crippen LogP contribution in [0.5, 0.6) is 5.75 Å². The Morgan fingerprint density at radius 3 is 2.96 bits per heavy atom. The van der Waals surface area contributed by atoms with Crippen LogP contribution in [0.4, 0.5) is 0 Å². The number of para-hydroxylation sites is 1. The highest BCUT2D eigenvalue weighted by Gasteiger charge is 2.17. The van der Waals surface area contributed by atoms with E-state index in [1.165, 1.54) is 6.08 Å². The van der Waals surface area contributed by atoms with Crippen LogP contribution in [0, 0.1) is 22.7 Å². The third-order valence-corrected chi connectivity index (χ3v) is 3.39. The zero-order valence-electron chi connectivity index (χ0n) is 12.6. The monoisotopic (exact) mass is 311 g/mol. The van der Waals surface area contributed by atoms with E-state index in [-0.39, 0.29) is 18.3 Å². The van der Waals surface area contributed by atoms with E-state index in [0.29, 0.717) is 24.5 Å². The van der Waals surface area contributed by atoms with Crippen LogP contribution in [0.25, 0.3) is 6.08 Å². The van der Waals surface area contributed by atoms with E-state index in [4.69, 9.17) is 14.7 Å². The van der Waals surface area contributed by atoms with Crippen molar-refractivity contribution >= 4 is 12.0 Å². The zero-order valence-corrected chi connectivity index (χ0v) is 12.6. The summed E-state index contributed by atoms with van der Waals surface area (Å²) in [5, 5.41) is 20.5. The topological polar surface area (TPSA) is 95.1 Å². The van der Waals surface area contributed by atoms with Crippen molar-refractivity contribution in [1.29, 1.82) is 10.5 Å². The van der Waals surface area contributed by atoms with Crippen LogP contribution in [0.15, 0.2) is 29.8 Å². The highest BCUT2D eigenvalue weighted by molar-refractivity contribution is 6.01. The minimum Gasteiger partial charge on any atom is -0.478 e. The molecule has 1 aliphatic rings. The number of hydrogen-bond acceptors (Lipinski definition) is 5. The highest BCUT2D eigenvalue weighted by atomic mass is 16.5. The normalized spacial score (nSPS) is 17.1. The van der Waals surface area contributed by atoms with Gasteiger partial charge in [0, 0.05) is 18.7 Å². The Morgan fingerprint density at radius 2 is 2.26 bits per heavy atom. The van der Waals surface area contributed by atoms with Crippen LogP contribution in [0.3, 0.4) is 0 Å². The first kappa shape index (κ1) is 16.5. The number of nitrogens with one attached hydrogen (secondary N) is 1. The second kappa shape index (κ2) is 8.57. The number of carbonyl (C=O) groups is 1. The molecule has 1 aromatic rings. The molecule has 118 valence electrons. The van der Waals surface area contributed by atoms with Crippen molar-refractivity contribution in [2.75, 3.05) is 19.8 Å². The first-order chi connectivity index (χ1) is 11.2. The van der Waals surface area contributed by atoms with Crippen LogP contribution in [0.1, 0.15) is 18.4 Å². The van der Waals surface area contributed by atoms with E-state index in [0.717, 1.165) is 12.8 Å². The van der Waals surface area contributed by atoms with Crippen LogP contribution < -0.4 is 10.1 Å². The van der Waals surface area contributed by atoms with E-state index in [1.54, 1.807) is 24.3 Å². The first-order valence-corrected chi connectivity index (χ1v) is 7.35. The molecule has 1 saturated heterocycles. The first-order valence-electron chi connectivity index (χ1n) is 7.35. The van der Waals surface area contributed by atoms with Gasteiger partial charge in [-0.25, -0.2) is 0 Å². The molecule has 23 heavy (non-hydrogen) atoms. The molecule has 1 aromatic carbocycles. The van der Waals surface area contributed by atoms with E-state index in [1.807, 2.05) is 12.1 Å². The third kappa shape index (κ3) is 4.84. The Labute approximate surface area is 134 Å². The van der Waals surface area contributed by atoms with Gasteiger partial charge in [0.2, 0.25) is 0 Å². The van der Waals surface area contributed by atoms with Crippen molar-refractivity contribution in [3.63, 3.8) is 0 Å². The Kier molecular flexibility index (Phi) is 6.17. The van der Waals surface area contributed by atoms with E-state index in [9.17, 15) is 10.1 Å². The molecule has 0 saturated carbocycles. The molecule has 1 aliphatic heterocycles. The average Bonchev–Trinajstić information content (AvgIpc) is 3.10. The maximum Gasteiger partial charge on any atom is 0.262 e. The number of nitrogens with zero attached hydrogens (tertiary/aromatic N) is 2. The molecular weight excluding hydrogens is 294 g/mol. The third-order valence-electron chi connectivity index (χ3n) is 3.39. The van der Waals surface area contributed by atoms with Crippen molar-refractivity contribution in [3.8, 4) is 17.9 Å². The second-order valence-electron chi connectivity index (χ2n) is 5.00. The number of carbonyl (C=O) groups excluding carboxylic acids is 1. The molecule has 0 aliphatic carbocycles. The fraction of sp³-hybridized carbons (Fsp3) is 0.353. The largest absolute Gasteiger partial charge is 0.478 e. The summed E-state index contributed by atoms with van der Waals surface area (Å²) in [7, 11) is 0. The number of ether oxygens (including phenoxy) is 2. The minimum absolute atomic E-state index is 0.0176. The molecule has 1 amide bonds. The van der Waals surface area contributed by atoms with Crippen LogP contribution >= 0.6 is 0 Å². The number of benzene rings is 1. The van der Waals surface area contributed by atoms with Gasteiger partial charge in [0.15, 0.2) is 6.61 Å². The molecule has 1 unspecified atom stereocenters. The Morgan fingerprint density at radius 1 is 1.43 bits per heavy atom. The number of hydrogen-bond donors (Lipinski definition) is 1. The predicted molar refractivity (Wildman–Crippen MR) is 83.1 cm³/mol. The van der Waals surface area contributed by atoms with Gasteiger partial charge in [-0.1, -0.05) is 18.2 Å². The van der Waals surface area contributed by atoms with Crippen LogP contribution in [-0.2, 0) is 9.53 Å². The standard InChI is InChI=1S/C17H17N3O3/c18-7-9-23-16-6-2-1-4-13(16)10-14(11-19)17(21)20-12-15-5-3-8-22-15/h1-2,4,6,10,15H,3,5,8-9,12H2,(H,20,21)/b14-10-. The number of amides is 1. The van der Waals surface area contributed by atoms with Gasteiger partial charge in [-0.15, -0.1) is 0 Å². The smallest absolute Gasteiger partial charge is 0.262 e. The van der Waals surface area contributed by atoms with Gasteiger partial charge < -0.3 is 14.8 Å². The molecule has 1 atom stereocenters. The second-order valence-corrected chi connectivity index (χ2v) is 5.00. The van der Waals surface area contributed by atoms with Gasteiger partial charge in [0.05, 0.1) is 6.10 Å². The molecule has 0 bridgehead atoms. The summed E-state index contributed by atoms with van der Waals surface area (Å²) in [6.07, 6.45) is 3.38. The summed E-state index contributed by atoms with van der Waals surface area (Å²) in [5.74, 6) is 0.00631. The molecule has 0 radical (unpaired) electrons. The van der Waals surface area contributed by atoms with Crippen LogP contribution in [0.2, 0.25) is 0 Å². The molecule has 1 N–H and O–H groups in total. The number of rotatable bonds is 6. The maximum absolute atomic E-state index is 12.1. The van der Waals surface area contributed by atoms with E-state index < -0.39 is 5.91 Å². The van der Waals surface area contributed by atoms with Gasteiger partial charge in [-0.3, -0.25) is 4.79 Å². The van der Waals surface area contributed by atoms with Gasteiger partial charge in [-0.05, 0) is 25.0 Å². The Hall–Kier alpha value is -2.83. The maximum atomic E-state index is 12.1. The summed E-state index contributed by atoms with van der Waals surface area (Å²) in [6.45, 7) is 1.01. The van der Waals surface area contributed by atoms with Crippen molar-refractivity contribution in [1.82, 2.24) is 5.32 Å². The SMILES string of the molecule is N#CCOc1ccccc1/C=C(/C#N)C(=O)NCC1CCCO1. The fourth-order valence-corrected chi connectivity index (χ4v) is 2.25. The highest BCUT2D eigenvalue weighted by Crippen LogP contribution is 2.21. The van der Waals surface area contributed by atoms with E-state index >= 15 is 0 Å². The molecule has 6 heteroatoms.